The Morgan fingerprint density at radius 3 is 2.55 bits per heavy atom. The van der Waals surface area contributed by atoms with E-state index in [-0.39, 0.29) is 6.61 Å². The molecule has 20 heavy (non-hydrogen) atoms. The molecule has 0 fully saturated rings. The van der Waals surface area contributed by atoms with E-state index >= 15 is 0 Å². The van der Waals surface area contributed by atoms with Crippen LogP contribution in [-0.4, -0.2) is 16.6 Å². The first-order chi connectivity index (χ1) is 9.63. The van der Waals surface area contributed by atoms with Gasteiger partial charge in [0.2, 0.25) is 0 Å². The van der Waals surface area contributed by atoms with Crippen LogP contribution in [0.3, 0.4) is 0 Å². The van der Waals surface area contributed by atoms with Gasteiger partial charge in [-0.25, -0.2) is 0 Å². The van der Waals surface area contributed by atoms with Gasteiger partial charge in [0.25, 0.3) is 0 Å². The van der Waals surface area contributed by atoms with Crippen LogP contribution in [0.25, 0.3) is 0 Å². The van der Waals surface area contributed by atoms with Crippen molar-refractivity contribution in [2.24, 2.45) is 0 Å². The minimum absolute atomic E-state index is 0.0900. The number of hydrogen-bond acceptors (Lipinski definition) is 3. The smallest absolute Gasteiger partial charge is 0.0681 e. The van der Waals surface area contributed by atoms with Crippen LogP contribution in [0.15, 0.2) is 36.4 Å². The average Bonchev–Trinajstić information content (AvgIpc) is 2.45. The van der Waals surface area contributed by atoms with E-state index in [0.29, 0.717) is 0 Å². The van der Waals surface area contributed by atoms with Crippen LogP contribution in [0, 0.1) is 13.8 Å². The van der Waals surface area contributed by atoms with E-state index in [9.17, 15) is 5.11 Å². The zero-order valence-corrected chi connectivity index (χ0v) is 12.4. The molecule has 3 nitrogen and oxygen atoms in total. The van der Waals surface area contributed by atoms with E-state index in [1.54, 1.807) is 0 Å². The first-order valence-electron chi connectivity index (χ1n) is 7.02. The highest BCUT2D eigenvalue weighted by atomic mass is 16.3. The normalized spacial score (nSPS) is 10.6. The molecular formula is C17H22N2O. The summed E-state index contributed by atoms with van der Waals surface area (Å²) in [6.07, 6.45) is 0. The van der Waals surface area contributed by atoms with Crippen molar-refractivity contribution in [2.45, 2.75) is 33.9 Å². The third-order valence-electron chi connectivity index (χ3n) is 3.47. The predicted molar refractivity (Wildman–Crippen MR) is 82.8 cm³/mol. The van der Waals surface area contributed by atoms with Crippen LogP contribution in [-0.2, 0) is 13.2 Å². The number of hydrogen-bond donors (Lipinski definition) is 1. The monoisotopic (exact) mass is 270 g/mol. The Morgan fingerprint density at radius 2 is 1.95 bits per heavy atom. The summed E-state index contributed by atoms with van der Waals surface area (Å²) in [4.78, 5) is 6.87. The van der Waals surface area contributed by atoms with Crippen LogP contribution in [0.2, 0.25) is 0 Å². The van der Waals surface area contributed by atoms with Gasteiger partial charge in [-0.2, -0.15) is 0 Å². The lowest BCUT2D eigenvalue weighted by molar-refractivity contribution is 0.282. The van der Waals surface area contributed by atoms with Gasteiger partial charge in [-0.15, -0.1) is 0 Å². The van der Waals surface area contributed by atoms with E-state index in [2.05, 4.69) is 35.9 Å². The molecule has 0 atom stereocenters. The second kappa shape index (κ2) is 6.53. The average molecular weight is 270 g/mol. The molecule has 1 aromatic carbocycles. The highest BCUT2D eigenvalue weighted by Crippen LogP contribution is 2.22. The molecule has 1 heterocycles. The third kappa shape index (κ3) is 3.36. The van der Waals surface area contributed by atoms with Crippen molar-refractivity contribution >= 4 is 5.69 Å². The molecule has 0 aliphatic heterocycles. The SMILES string of the molecule is CCN(Cc1cccc(C)n1)c1ccc(CO)cc1C. The highest BCUT2D eigenvalue weighted by molar-refractivity contribution is 5.54. The van der Waals surface area contributed by atoms with E-state index in [1.165, 1.54) is 11.3 Å². The second-order valence-electron chi connectivity index (χ2n) is 5.06. The number of aryl methyl sites for hydroxylation is 2. The van der Waals surface area contributed by atoms with Gasteiger partial charge < -0.3 is 10.0 Å². The number of rotatable bonds is 5. The molecule has 1 N–H and O–H groups in total. The number of aromatic nitrogens is 1. The Hall–Kier alpha value is -1.87. The van der Waals surface area contributed by atoms with Crippen molar-refractivity contribution in [3.63, 3.8) is 0 Å². The molecule has 0 aliphatic rings. The molecular weight excluding hydrogens is 248 g/mol. The molecule has 1 aromatic heterocycles. The standard InChI is InChI=1S/C17H22N2O/c1-4-19(11-16-7-5-6-14(3)18-16)17-9-8-15(12-20)10-13(17)2/h5-10,20H,4,11-12H2,1-3H3. The van der Waals surface area contributed by atoms with Gasteiger partial charge in [-0.3, -0.25) is 4.98 Å². The first-order valence-corrected chi connectivity index (χ1v) is 7.02. The maximum Gasteiger partial charge on any atom is 0.0681 e. The molecule has 0 bridgehead atoms. The Balaban J connectivity index is 2.24. The van der Waals surface area contributed by atoms with Crippen molar-refractivity contribution < 1.29 is 5.11 Å². The largest absolute Gasteiger partial charge is 0.392 e. The summed E-state index contributed by atoms with van der Waals surface area (Å²) >= 11 is 0. The van der Waals surface area contributed by atoms with Crippen molar-refractivity contribution in [1.29, 1.82) is 0 Å². The third-order valence-corrected chi connectivity index (χ3v) is 3.47. The number of aliphatic hydroxyl groups excluding tert-OH is 1. The number of aliphatic hydroxyl groups is 1. The highest BCUT2D eigenvalue weighted by Gasteiger charge is 2.09. The summed E-state index contributed by atoms with van der Waals surface area (Å²) in [6, 6.07) is 12.2. The molecule has 106 valence electrons. The van der Waals surface area contributed by atoms with Gasteiger partial charge in [-0.1, -0.05) is 18.2 Å². The number of anilines is 1. The van der Waals surface area contributed by atoms with Gasteiger partial charge in [0.15, 0.2) is 0 Å². The summed E-state index contributed by atoms with van der Waals surface area (Å²) in [6.45, 7) is 8.07. The van der Waals surface area contributed by atoms with Crippen molar-refractivity contribution in [3.05, 3.63) is 58.9 Å². The Morgan fingerprint density at radius 1 is 1.15 bits per heavy atom. The minimum atomic E-state index is 0.0900. The van der Waals surface area contributed by atoms with Gasteiger partial charge in [0.1, 0.15) is 0 Å². The number of pyridine rings is 1. The zero-order valence-electron chi connectivity index (χ0n) is 12.4. The Labute approximate surface area is 120 Å². The summed E-state index contributed by atoms with van der Waals surface area (Å²) in [7, 11) is 0. The fraction of sp³-hybridized carbons (Fsp3) is 0.353. The summed E-state index contributed by atoms with van der Waals surface area (Å²) in [5.74, 6) is 0. The summed E-state index contributed by atoms with van der Waals surface area (Å²) < 4.78 is 0. The quantitative estimate of drug-likeness (QED) is 0.906. The topological polar surface area (TPSA) is 36.4 Å². The Bertz CT molecular complexity index is 581. The van der Waals surface area contributed by atoms with Gasteiger partial charge >= 0.3 is 0 Å². The summed E-state index contributed by atoms with van der Waals surface area (Å²) in [5, 5.41) is 9.19. The van der Waals surface area contributed by atoms with E-state index in [1.807, 2.05) is 31.2 Å². The molecule has 2 rings (SSSR count). The second-order valence-corrected chi connectivity index (χ2v) is 5.06. The molecule has 0 amide bonds. The molecule has 0 saturated carbocycles. The van der Waals surface area contributed by atoms with Crippen LogP contribution >= 0.6 is 0 Å². The summed E-state index contributed by atoms with van der Waals surface area (Å²) in [5.41, 5.74) is 5.47. The van der Waals surface area contributed by atoms with Gasteiger partial charge in [0, 0.05) is 17.9 Å². The lowest BCUT2D eigenvalue weighted by Crippen LogP contribution is -2.23. The maximum atomic E-state index is 9.19. The Kier molecular flexibility index (Phi) is 4.74. The first kappa shape index (κ1) is 14.5. The molecule has 0 spiro atoms. The lowest BCUT2D eigenvalue weighted by atomic mass is 10.1. The molecule has 3 heteroatoms. The number of nitrogens with zero attached hydrogens (tertiary/aromatic N) is 2. The number of benzene rings is 1. The van der Waals surface area contributed by atoms with Crippen molar-refractivity contribution in [3.8, 4) is 0 Å². The molecule has 2 aromatic rings. The van der Waals surface area contributed by atoms with Crippen LogP contribution in [0.4, 0.5) is 5.69 Å². The molecule has 0 aliphatic carbocycles. The molecule has 0 radical (unpaired) electrons. The van der Waals surface area contributed by atoms with Crippen LogP contribution < -0.4 is 4.90 Å². The molecule has 0 saturated heterocycles. The van der Waals surface area contributed by atoms with E-state index in [0.717, 1.165) is 30.0 Å². The van der Waals surface area contributed by atoms with E-state index in [4.69, 9.17) is 0 Å². The fourth-order valence-corrected chi connectivity index (χ4v) is 2.42. The zero-order chi connectivity index (χ0) is 14.5. The predicted octanol–water partition coefficient (Wildman–Crippen LogP) is 3.22. The van der Waals surface area contributed by atoms with Gasteiger partial charge in [-0.05, 0) is 50.1 Å². The van der Waals surface area contributed by atoms with Crippen LogP contribution in [0.5, 0.6) is 0 Å². The molecule has 0 unspecified atom stereocenters. The van der Waals surface area contributed by atoms with Crippen molar-refractivity contribution in [1.82, 2.24) is 4.98 Å². The van der Waals surface area contributed by atoms with Crippen molar-refractivity contribution in [2.75, 3.05) is 11.4 Å². The fourth-order valence-electron chi connectivity index (χ4n) is 2.42. The van der Waals surface area contributed by atoms with E-state index < -0.39 is 0 Å². The van der Waals surface area contributed by atoms with Crippen LogP contribution in [0.1, 0.15) is 29.4 Å². The minimum Gasteiger partial charge on any atom is -0.392 e. The van der Waals surface area contributed by atoms with Gasteiger partial charge in [0.05, 0.1) is 18.8 Å². The maximum absolute atomic E-state index is 9.19. The lowest BCUT2D eigenvalue weighted by Gasteiger charge is -2.25.